The van der Waals surface area contributed by atoms with Crippen molar-refractivity contribution in [3.05, 3.63) is 34.9 Å². The van der Waals surface area contributed by atoms with Crippen molar-refractivity contribution in [2.75, 3.05) is 13.2 Å². The normalized spacial score (nSPS) is 19.7. The summed E-state index contributed by atoms with van der Waals surface area (Å²) in [5, 5.41) is 12.3. The number of aryl methyl sites for hydroxylation is 3. The molecular formula is C21H33NO3. The van der Waals surface area contributed by atoms with E-state index in [-0.39, 0.29) is 13.2 Å². The highest BCUT2D eigenvalue weighted by Crippen LogP contribution is 2.22. The standard InChI is InChI=1S/C21H33NO3/c1-3-4-5-6-7-8-9-19-11-10-18(14-17(19)2)12-13-21(15-23)16-25-20(24)22-21/h10-11,14,23H,3-9,12-13,15-16H2,1-2H3,(H,22,24). The van der Waals surface area contributed by atoms with E-state index in [0.29, 0.717) is 6.42 Å². The number of ether oxygens (including phenoxy) is 1. The van der Waals surface area contributed by atoms with Crippen LogP contribution >= 0.6 is 0 Å². The van der Waals surface area contributed by atoms with Gasteiger partial charge in [0, 0.05) is 0 Å². The molecule has 1 saturated heterocycles. The van der Waals surface area contributed by atoms with Gasteiger partial charge in [0.1, 0.15) is 12.1 Å². The van der Waals surface area contributed by atoms with Crippen LogP contribution in [0.2, 0.25) is 0 Å². The third-order valence-corrected chi connectivity index (χ3v) is 5.25. The number of benzene rings is 1. The molecule has 1 aliphatic heterocycles. The van der Waals surface area contributed by atoms with Crippen molar-refractivity contribution in [2.24, 2.45) is 0 Å². The number of unbranched alkanes of at least 4 members (excludes halogenated alkanes) is 5. The lowest BCUT2D eigenvalue weighted by Gasteiger charge is -2.23. The number of cyclic esters (lactones) is 1. The quantitative estimate of drug-likeness (QED) is 0.587. The minimum absolute atomic E-state index is 0.0894. The van der Waals surface area contributed by atoms with Crippen LogP contribution in [-0.2, 0) is 17.6 Å². The fourth-order valence-electron chi connectivity index (χ4n) is 3.46. The Bertz CT molecular complexity index is 558. The second kappa shape index (κ2) is 9.81. The Kier molecular flexibility index (Phi) is 7.76. The number of amides is 1. The van der Waals surface area contributed by atoms with Crippen molar-refractivity contribution >= 4 is 6.09 Å². The van der Waals surface area contributed by atoms with Crippen LogP contribution in [0.1, 0.15) is 68.6 Å². The molecule has 140 valence electrons. The number of carbonyl (C=O) groups excluding carboxylic acids is 1. The van der Waals surface area contributed by atoms with Crippen LogP contribution in [0.15, 0.2) is 18.2 Å². The average molecular weight is 347 g/mol. The van der Waals surface area contributed by atoms with Gasteiger partial charge in [0.25, 0.3) is 0 Å². The summed E-state index contributed by atoms with van der Waals surface area (Å²) < 4.78 is 4.96. The lowest BCUT2D eigenvalue weighted by molar-refractivity contribution is 0.140. The van der Waals surface area contributed by atoms with Crippen molar-refractivity contribution in [1.82, 2.24) is 5.32 Å². The zero-order valence-electron chi connectivity index (χ0n) is 15.8. The first-order valence-electron chi connectivity index (χ1n) is 9.73. The molecule has 1 fully saturated rings. The molecular weight excluding hydrogens is 314 g/mol. The van der Waals surface area contributed by atoms with E-state index in [0.717, 1.165) is 12.8 Å². The Hall–Kier alpha value is -1.55. The van der Waals surface area contributed by atoms with E-state index < -0.39 is 11.6 Å². The zero-order chi connectivity index (χ0) is 18.1. The molecule has 1 aliphatic rings. The number of aliphatic hydroxyl groups excluding tert-OH is 1. The van der Waals surface area contributed by atoms with Gasteiger partial charge in [-0.05, 0) is 49.3 Å². The summed E-state index contributed by atoms with van der Waals surface area (Å²) in [6, 6.07) is 6.67. The van der Waals surface area contributed by atoms with Crippen molar-refractivity contribution in [3.63, 3.8) is 0 Å². The largest absolute Gasteiger partial charge is 0.447 e. The Morgan fingerprint density at radius 3 is 2.56 bits per heavy atom. The van der Waals surface area contributed by atoms with E-state index in [1.54, 1.807) is 0 Å². The van der Waals surface area contributed by atoms with Crippen LogP contribution in [0, 0.1) is 6.92 Å². The predicted molar refractivity (Wildman–Crippen MR) is 101 cm³/mol. The Morgan fingerprint density at radius 1 is 1.16 bits per heavy atom. The van der Waals surface area contributed by atoms with Crippen LogP contribution in [0.25, 0.3) is 0 Å². The Morgan fingerprint density at radius 2 is 1.92 bits per heavy atom. The zero-order valence-corrected chi connectivity index (χ0v) is 15.8. The van der Waals surface area contributed by atoms with Crippen LogP contribution < -0.4 is 5.32 Å². The van der Waals surface area contributed by atoms with E-state index in [9.17, 15) is 9.90 Å². The highest BCUT2D eigenvalue weighted by atomic mass is 16.6. The molecule has 1 heterocycles. The first-order valence-corrected chi connectivity index (χ1v) is 9.73. The highest BCUT2D eigenvalue weighted by Gasteiger charge is 2.38. The molecule has 1 amide bonds. The molecule has 2 N–H and O–H groups in total. The van der Waals surface area contributed by atoms with Gasteiger partial charge in [0.05, 0.1) is 6.61 Å². The number of aliphatic hydroxyl groups is 1. The van der Waals surface area contributed by atoms with Crippen molar-refractivity contribution < 1.29 is 14.6 Å². The van der Waals surface area contributed by atoms with Gasteiger partial charge in [-0.15, -0.1) is 0 Å². The van der Waals surface area contributed by atoms with Gasteiger partial charge in [-0.25, -0.2) is 4.79 Å². The van der Waals surface area contributed by atoms with Gasteiger partial charge in [-0.1, -0.05) is 57.2 Å². The number of rotatable bonds is 11. The smallest absolute Gasteiger partial charge is 0.407 e. The molecule has 0 radical (unpaired) electrons. The van der Waals surface area contributed by atoms with E-state index in [1.807, 2.05) is 0 Å². The van der Waals surface area contributed by atoms with E-state index in [4.69, 9.17) is 4.74 Å². The summed E-state index contributed by atoms with van der Waals surface area (Å²) in [5.41, 5.74) is 3.41. The molecule has 0 aliphatic carbocycles. The van der Waals surface area contributed by atoms with Gasteiger partial charge in [0.2, 0.25) is 0 Å². The summed E-state index contributed by atoms with van der Waals surface area (Å²) in [4.78, 5) is 11.3. The maximum Gasteiger partial charge on any atom is 0.407 e. The van der Waals surface area contributed by atoms with Crippen molar-refractivity contribution in [1.29, 1.82) is 0 Å². The summed E-state index contributed by atoms with van der Waals surface area (Å²) >= 11 is 0. The minimum atomic E-state index is -0.623. The van der Waals surface area contributed by atoms with E-state index in [1.165, 1.54) is 55.2 Å². The summed E-state index contributed by atoms with van der Waals surface area (Å²) in [5.74, 6) is 0. The van der Waals surface area contributed by atoms with Crippen LogP contribution in [-0.4, -0.2) is 30.0 Å². The summed E-state index contributed by atoms with van der Waals surface area (Å²) in [6.45, 7) is 4.59. The van der Waals surface area contributed by atoms with Crippen LogP contribution in [0.3, 0.4) is 0 Å². The minimum Gasteiger partial charge on any atom is -0.447 e. The van der Waals surface area contributed by atoms with Gasteiger partial charge >= 0.3 is 6.09 Å². The number of carbonyl (C=O) groups is 1. The van der Waals surface area contributed by atoms with Gasteiger partial charge < -0.3 is 15.2 Å². The lowest BCUT2D eigenvalue weighted by atomic mass is 9.91. The Labute approximate surface area is 152 Å². The molecule has 0 bridgehead atoms. The molecule has 1 aromatic carbocycles. The molecule has 4 heteroatoms. The van der Waals surface area contributed by atoms with E-state index >= 15 is 0 Å². The van der Waals surface area contributed by atoms with Gasteiger partial charge in [0.15, 0.2) is 0 Å². The Balaban J connectivity index is 1.79. The molecule has 1 aromatic rings. The number of alkyl carbamates (subject to hydrolysis) is 1. The van der Waals surface area contributed by atoms with E-state index in [2.05, 4.69) is 37.4 Å². The highest BCUT2D eigenvalue weighted by molar-refractivity contribution is 5.70. The first-order chi connectivity index (χ1) is 12.1. The molecule has 1 unspecified atom stereocenters. The fraction of sp³-hybridized carbons (Fsp3) is 0.667. The van der Waals surface area contributed by atoms with Gasteiger partial charge in [-0.2, -0.15) is 0 Å². The molecule has 25 heavy (non-hydrogen) atoms. The lowest BCUT2D eigenvalue weighted by Crippen LogP contribution is -2.47. The second-order valence-corrected chi connectivity index (χ2v) is 7.42. The predicted octanol–water partition coefficient (Wildman–Crippen LogP) is 4.30. The topological polar surface area (TPSA) is 58.6 Å². The summed E-state index contributed by atoms with van der Waals surface area (Å²) in [7, 11) is 0. The third kappa shape index (κ3) is 6.03. The number of hydrogen-bond donors (Lipinski definition) is 2. The second-order valence-electron chi connectivity index (χ2n) is 7.42. The molecule has 2 rings (SSSR count). The number of nitrogens with one attached hydrogen (secondary N) is 1. The third-order valence-electron chi connectivity index (χ3n) is 5.25. The van der Waals surface area contributed by atoms with Crippen LogP contribution in [0.4, 0.5) is 4.79 Å². The van der Waals surface area contributed by atoms with Crippen LogP contribution in [0.5, 0.6) is 0 Å². The van der Waals surface area contributed by atoms with Crippen molar-refractivity contribution in [2.45, 2.75) is 77.2 Å². The first kappa shape index (κ1) is 19.8. The molecule has 1 atom stereocenters. The number of hydrogen-bond acceptors (Lipinski definition) is 3. The molecule has 4 nitrogen and oxygen atoms in total. The van der Waals surface area contributed by atoms with Crippen molar-refractivity contribution in [3.8, 4) is 0 Å². The maximum atomic E-state index is 11.3. The monoisotopic (exact) mass is 347 g/mol. The molecule has 0 spiro atoms. The van der Waals surface area contributed by atoms with Gasteiger partial charge in [-0.3, -0.25) is 0 Å². The maximum absolute atomic E-state index is 11.3. The molecule has 0 aromatic heterocycles. The fourth-order valence-corrected chi connectivity index (χ4v) is 3.46. The molecule has 0 saturated carbocycles. The summed E-state index contributed by atoms with van der Waals surface area (Å²) in [6.07, 6.45) is 10.2. The average Bonchev–Trinajstić information content (AvgIpc) is 2.99. The SMILES string of the molecule is CCCCCCCCc1ccc(CCC2(CO)COC(=O)N2)cc1C.